The van der Waals surface area contributed by atoms with Gasteiger partial charge in [-0.3, -0.25) is 9.78 Å². The fourth-order valence-corrected chi connectivity index (χ4v) is 4.19. The second-order valence-corrected chi connectivity index (χ2v) is 8.33. The van der Waals surface area contributed by atoms with Crippen molar-refractivity contribution in [2.75, 3.05) is 38.2 Å². The molecule has 0 aliphatic carbocycles. The molecule has 34 heavy (non-hydrogen) atoms. The topological polar surface area (TPSA) is 76.4 Å². The van der Waals surface area contributed by atoms with E-state index in [0.717, 1.165) is 35.8 Å². The summed E-state index contributed by atoms with van der Waals surface area (Å²) in [4.78, 5) is 21.9. The molecule has 172 valence electrons. The Morgan fingerprint density at radius 3 is 2.29 bits per heavy atom. The van der Waals surface area contributed by atoms with Crippen LogP contribution in [-0.2, 0) is 0 Å². The van der Waals surface area contributed by atoms with Gasteiger partial charge >= 0.3 is 0 Å². The average molecular weight is 475 g/mol. The van der Waals surface area contributed by atoms with Crippen LogP contribution < -0.4 is 9.64 Å². The normalized spacial score (nSPS) is 13.7. The first-order chi connectivity index (χ1) is 16.6. The van der Waals surface area contributed by atoms with E-state index in [1.54, 1.807) is 36.3 Å². The van der Waals surface area contributed by atoms with Crippen LogP contribution in [0.5, 0.6) is 5.75 Å². The summed E-state index contributed by atoms with van der Waals surface area (Å²) in [5.41, 5.74) is 3.55. The molecule has 8 nitrogen and oxygen atoms in total. The van der Waals surface area contributed by atoms with Crippen LogP contribution in [0.4, 0.5) is 5.69 Å². The molecule has 0 N–H and O–H groups in total. The Kier molecular flexibility index (Phi) is 6.14. The van der Waals surface area contributed by atoms with Crippen LogP contribution in [0.3, 0.4) is 0 Å². The van der Waals surface area contributed by atoms with Crippen molar-refractivity contribution in [1.82, 2.24) is 24.9 Å². The number of hydrogen-bond donors (Lipinski definition) is 0. The number of rotatable bonds is 5. The number of amides is 1. The lowest BCUT2D eigenvalue weighted by molar-refractivity contribution is 0.0741. The van der Waals surface area contributed by atoms with Crippen LogP contribution >= 0.6 is 11.6 Å². The molecule has 5 rings (SSSR count). The van der Waals surface area contributed by atoms with Crippen LogP contribution in [0, 0.1) is 0 Å². The highest BCUT2D eigenvalue weighted by molar-refractivity contribution is 6.30. The molecular formula is C25H23ClN6O2. The van der Waals surface area contributed by atoms with Gasteiger partial charge in [0.15, 0.2) is 5.69 Å². The zero-order valence-corrected chi connectivity index (χ0v) is 19.4. The molecule has 2 aromatic carbocycles. The summed E-state index contributed by atoms with van der Waals surface area (Å²) in [5.74, 6) is 0.678. The monoisotopic (exact) mass is 474 g/mol. The highest BCUT2D eigenvalue weighted by atomic mass is 35.5. The van der Waals surface area contributed by atoms with Crippen molar-refractivity contribution in [3.8, 4) is 22.7 Å². The van der Waals surface area contributed by atoms with Gasteiger partial charge in [-0.05, 0) is 60.7 Å². The lowest BCUT2D eigenvalue weighted by Crippen LogP contribution is -2.49. The van der Waals surface area contributed by atoms with E-state index in [2.05, 4.69) is 20.2 Å². The Labute approximate surface area is 202 Å². The number of benzene rings is 2. The summed E-state index contributed by atoms with van der Waals surface area (Å²) in [6.07, 6.45) is 3.41. The number of carbonyl (C=O) groups is 1. The summed E-state index contributed by atoms with van der Waals surface area (Å²) in [6.45, 7) is 2.63. The first kappa shape index (κ1) is 21.9. The minimum atomic E-state index is -0.145. The molecule has 0 spiro atoms. The highest BCUT2D eigenvalue weighted by Gasteiger charge is 2.29. The van der Waals surface area contributed by atoms with Gasteiger partial charge in [-0.1, -0.05) is 16.8 Å². The molecule has 1 amide bonds. The third-order valence-corrected chi connectivity index (χ3v) is 6.14. The van der Waals surface area contributed by atoms with E-state index in [9.17, 15) is 4.79 Å². The molecule has 9 heteroatoms. The number of ether oxygens (including phenoxy) is 1. The summed E-state index contributed by atoms with van der Waals surface area (Å²) < 4.78 is 6.91. The molecule has 4 aromatic rings. The number of methoxy groups -OCH3 is 1. The van der Waals surface area contributed by atoms with Gasteiger partial charge in [0.25, 0.3) is 5.91 Å². The minimum Gasteiger partial charge on any atom is -0.497 e. The van der Waals surface area contributed by atoms with E-state index < -0.39 is 0 Å². The standard InChI is InChI=1S/C25H23ClN6O2/c1-34-22-10-8-20(9-11-22)30-13-15-31(16-14-30)25(33)23-24(18-3-2-12-27-17-18)32(29-28-23)21-6-4-19(26)5-7-21/h2-12,17H,13-16H2,1H3. The predicted molar refractivity (Wildman–Crippen MR) is 131 cm³/mol. The van der Waals surface area contributed by atoms with Crippen molar-refractivity contribution < 1.29 is 9.53 Å². The van der Waals surface area contributed by atoms with Crippen molar-refractivity contribution in [3.63, 3.8) is 0 Å². The van der Waals surface area contributed by atoms with Gasteiger partial charge in [-0.25, -0.2) is 4.68 Å². The van der Waals surface area contributed by atoms with Crippen LogP contribution in [0.25, 0.3) is 16.9 Å². The van der Waals surface area contributed by atoms with E-state index in [1.165, 1.54) is 0 Å². The van der Waals surface area contributed by atoms with Gasteiger partial charge in [0.1, 0.15) is 11.4 Å². The maximum Gasteiger partial charge on any atom is 0.276 e. The molecule has 1 saturated heterocycles. The van der Waals surface area contributed by atoms with Gasteiger partial charge in [0.2, 0.25) is 0 Å². The molecule has 0 unspecified atom stereocenters. The maximum absolute atomic E-state index is 13.6. The second-order valence-electron chi connectivity index (χ2n) is 7.89. The molecule has 0 radical (unpaired) electrons. The number of nitrogens with zero attached hydrogens (tertiary/aromatic N) is 6. The third kappa shape index (κ3) is 4.32. The van der Waals surface area contributed by atoms with Crippen LogP contribution in [0.15, 0.2) is 73.1 Å². The molecule has 0 saturated carbocycles. The van der Waals surface area contributed by atoms with Gasteiger partial charge in [-0.15, -0.1) is 5.10 Å². The van der Waals surface area contributed by atoms with Crippen molar-refractivity contribution in [2.45, 2.75) is 0 Å². The zero-order chi connectivity index (χ0) is 23.5. The number of halogens is 1. The summed E-state index contributed by atoms with van der Waals surface area (Å²) >= 11 is 6.06. The van der Waals surface area contributed by atoms with E-state index in [0.29, 0.717) is 29.5 Å². The van der Waals surface area contributed by atoms with Crippen molar-refractivity contribution in [2.24, 2.45) is 0 Å². The smallest absolute Gasteiger partial charge is 0.276 e. The Morgan fingerprint density at radius 2 is 1.65 bits per heavy atom. The minimum absolute atomic E-state index is 0.145. The first-order valence-corrected chi connectivity index (χ1v) is 11.3. The third-order valence-electron chi connectivity index (χ3n) is 5.88. The van der Waals surface area contributed by atoms with Crippen LogP contribution in [0.2, 0.25) is 5.02 Å². The molecule has 0 atom stereocenters. The number of hydrogen-bond acceptors (Lipinski definition) is 6. The summed E-state index contributed by atoms with van der Waals surface area (Å²) in [7, 11) is 1.66. The maximum atomic E-state index is 13.6. The number of pyridine rings is 1. The highest BCUT2D eigenvalue weighted by Crippen LogP contribution is 2.27. The summed E-state index contributed by atoms with van der Waals surface area (Å²) in [6, 6.07) is 19.0. The summed E-state index contributed by atoms with van der Waals surface area (Å²) in [5, 5.41) is 9.23. The van der Waals surface area contributed by atoms with Crippen LogP contribution in [0.1, 0.15) is 10.5 Å². The lowest BCUT2D eigenvalue weighted by atomic mass is 10.1. The van der Waals surface area contributed by atoms with Gasteiger partial charge in [-0.2, -0.15) is 0 Å². The predicted octanol–water partition coefficient (Wildman–Crippen LogP) is 3.95. The Balaban J connectivity index is 1.40. The number of carbonyl (C=O) groups excluding carboxylic acids is 1. The molecule has 1 aliphatic rings. The van der Waals surface area contributed by atoms with E-state index >= 15 is 0 Å². The van der Waals surface area contributed by atoms with Gasteiger partial charge in [0.05, 0.1) is 12.8 Å². The quantitative estimate of drug-likeness (QED) is 0.436. The Hall–Kier alpha value is -3.91. The molecule has 0 bridgehead atoms. The average Bonchev–Trinajstić information content (AvgIpc) is 3.34. The number of aromatic nitrogens is 4. The van der Waals surface area contributed by atoms with E-state index in [1.807, 2.05) is 53.4 Å². The molecule has 3 heterocycles. The molecule has 2 aromatic heterocycles. The van der Waals surface area contributed by atoms with Gasteiger partial charge < -0.3 is 14.5 Å². The first-order valence-electron chi connectivity index (χ1n) is 10.9. The molecular weight excluding hydrogens is 452 g/mol. The SMILES string of the molecule is COc1ccc(N2CCN(C(=O)c3nnn(-c4ccc(Cl)cc4)c3-c3cccnc3)CC2)cc1. The van der Waals surface area contributed by atoms with E-state index in [-0.39, 0.29) is 5.91 Å². The van der Waals surface area contributed by atoms with Crippen LogP contribution in [-0.4, -0.2) is 64.1 Å². The molecule has 1 aliphatic heterocycles. The molecule has 1 fully saturated rings. The lowest BCUT2D eigenvalue weighted by Gasteiger charge is -2.36. The Bertz CT molecular complexity index is 1270. The van der Waals surface area contributed by atoms with Crippen molar-refractivity contribution >= 4 is 23.2 Å². The fraction of sp³-hybridized carbons (Fsp3) is 0.200. The van der Waals surface area contributed by atoms with E-state index in [4.69, 9.17) is 16.3 Å². The number of anilines is 1. The largest absolute Gasteiger partial charge is 0.497 e. The second kappa shape index (κ2) is 9.52. The Morgan fingerprint density at radius 1 is 0.941 bits per heavy atom. The number of piperazine rings is 1. The fourth-order valence-electron chi connectivity index (χ4n) is 4.06. The zero-order valence-electron chi connectivity index (χ0n) is 18.6. The van der Waals surface area contributed by atoms with Crippen molar-refractivity contribution in [3.05, 3.63) is 83.8 Å². The van der Waals surface area contributed by atoms with Crippen molar-refractivity contribution in [1.29, 1.82) is 0 Å². The van der Waals surface area contributed by atoms with Gasteiger partial charge in [0, 0.05) is 54.8 Å².